The summed E-state index contributed by atoms with van der Waals surface area (Å²) < 4.78 is 0. The smallest absolute Gasteiger partial charge is 0.0710 e. The average molecular weight is 154 g/mol. The molecular weight excluding hydrogens is 148 g/mol. The van der Waals surface area contributed by atoms with Crippen LogP contribution in [0.15, 0.2) is 34.5 Å². The Hall–Kier alpha value is -1.70. The first-order valence-electron chi connectivity index (χ1n) is 3.86. The van der Waals surface area contributed by atoms with Crippen LogP contribution in [0, 0.1) is 0 Å². The van der Waals surface area contributed by atoms with E-state index in [0.717, 1.165) is 10.7 Å². The Morgan fingerprint density at radius 3 is 1.75 bits per heavy atom. The molecule has 2 nitrogen and oxygen atoms in total. The monoisotopic (exact) mass is 154 g/mol. The van der Waals surface area contributed by atoms with E-state index >= 15 is 0 Å². The number of nitrogens with zero attached hydrogens (tertiary/aromatic N) is 2. The van der Waals surface area contributed by atoms with Gasteiger partial charge in [0.1, 0.15) is 0 Å². The minimum absolute atomic E-state index is 1.05. The van der Waals surface area contributed by atoms with Gasteiger partial charge in [-0.3, -0.25) is 9.98 Å². The zero-order valence-corrected chi connectivity index (χ0v) is 6.36. The summed E-state index contributed by atoms with van der Waals surface area (Å²) in [6.45, 7) is 0. The van der Waals surface area contributed by atoms with Crippen LogP contribution in [0.3, 0.4) is 0 Å². The van der Waals surface area contributed by atoms with Crippen molar-refractivity contribution in [3.63, 3.8) is 0 Å². The van der Waals surface area contributed by atoms with E-state index < -0.39 is 0 Å². The zero-order valence-electron chi connectivity index (χ0n) is 6.36. The third-order valence-corrected chi connectivity index (χ3v) is 2.11. The molecule has 0 bridgehead atoms. The number of hydrogen-bond donors (Lipinski definition) is 0. The van der Waals surface area contributed by atoms with Crippen molar-refractivity contribution in [2.45, 2.75) is 0 Å². The fourth-order valence-corrected chi connectivity index (χ4v) is 1.50. The van der Waals surface area contributed by atoms with Gasteiger partial charge < -0.3 is 0 Å². The van der Waals surface area contributed by atoms with Gasteiger partial charge in [-0.05, 0) is 24.3 Å². The van der Waals surface area contributed by atoms with E-state index in [2.05, 4.69) is 22.1 Å². The molecule has 0 saturated carbocycles. The maximum absolute atomic E-state index is 4.22. The molecule has 2 aliphatic rings. The predicted molar refractivity (Wildman–Crippen MR) is 46.8 cm³/mol. The summed E-state index contributed by atoms with van der Waals surface area (Å²) in [5, 5.41) is 2.10. The van der Waals surface area contributed by atoms with E-state index in [0.29, 0.717) is 0 Å². The molecule has 2 heteroatoms. The molecule has 0 spiro atoms. The van der Waals surface area contributed by atoms with E-state index in [1.807, 2.05) is 24.6 Å². The van der Waals surface area contributed by atoms with Gasteiger partial charge in [0, 0.05) is 23.5 Å². The summed E-state index contributed by atoms with van der Waals surface area (Å²) in [7, 11) is 0. The van der Waals surface area contributed by atoms with Crippen molar-refractivity contribution in [2.24, 2.45) is 9.98 Å². The topological polar surface area (TPSA) is 24.7 Å². The van der Waals surface area contributed by atoms with E-state index in [1.54, 1.807) is 0 Å². The van der Waals surface area contributed by atoms with Crippen molar-refractivity contribution < 1.29 is 0 Å². The second-order valence-electron chi connectivity index (χ2n) is 2.86. The van der Waals surface area contributed by atoms with E-state index in [-0.39, 0.29) is 0 Å². The first-order valence-corrected chi connectivity index (χ1v) is 3.86. The molecule has 3 rings (SSSR count). The van der Waals surface area contributed by atoms with Crippen molar-refractivity contribution in [1.82, 2.24) is 0 Å². The minimum Gasteiger partial charge on any atom is -0.256 e. The fourth-order valence-electron chi connectivity index (χ4n) is 1.50. The Labute approximate surface area is 69.3 Å². The van der Waals surface area contributed by atoms with Gasteiger partial charge in [0.15, 0.2) is 0 Å². The summed E-state index contributed by atoms with van der Waals surface area (Å²) >= 11 is 0. The van der Waals surface area contributed by atoms with Crippen molar-refractivity contribution in [2.75, 3.05) is 0 Å². The molecule has 1 aromatic carbocycles. The second-order valence-corrected chi connectivity index (χ2v) is 2.86. The third-order valence-electron chi connectivity index (χ3n) is 2.11. The van der Waals surface area contributed by atoms with Crippen LogP contribution in [0.4, 0.5) is 0 Å². The van der Waals surface area contributed by atoms with Crippen LogP contribution in [0.2, 0.25) is 0 Å². The Balaban J connectivity index is 2.50. The molecule has 2 heterocycles. The Kier molecular flexibility index (Phi) is 0.939. The van der Waals surface area contributed by atoms with Gasteiger partial charge in [-0.1, -0.05) is 0 Å². The highest BCUT2D eigenvalue weighted by Gasteiger charge is 2.03. The van der Waals surface area contributed by atoms with Crippen molar-refractivity contribution >= 4 is 12.2 Å². The van der Waals surface area contributed by atoms with Crippen LogP contribution in [0.5, 0.6) is 0 Å². The normalized spacial score (nSPS) is 15.3. The van der Waals surface area contributed by atoms with Crippen LogP contribution in [-0.2, 0) is 0 Å². The lowest BCUT2D eigenvalue weighted by Gasteiger charge is -1.91. The highest BCUT2D eigenvalue weighted by molar-refractivity contribution is 5.58. The lowest BCUT2D eigenvalue weighted by Crippen LogP contribution is -2.12. The average Bonchev–Trinajstić information content (AvgIpc) is 2.64. The molecule has 0 aromatic heterocycles. The summed E-state index contributed by atoms with van der Waals surface area (Å²) in [4.78, 5) is 8.44. The second kappa shape index (κ2) is 1.91. The van der Waals surface area contributed by atoms with Crippen LogP contribution >= 0.6 is 0 Å². The van der Waals surface area contributed by atoms with E-state index in [4.69, 9.17) is 0 Å². The molecule has 0 radical (unpaired) electrons. The summed E-state index contributed by atoms with van der Waals surface area (Å²) in [5.74, 6) is 0. The zero-order chi connectivity index (χ0) is 7.97. The minimum atomic E-state index is 1.05. The third kappa shape index (κ3) is 0.639. The molecule has 0 amide bonds. The molecule has 12 heavy (non-hydrogen) atoms. The van der Waals surface area contributed by atoms with Crippen LogP contribution in [0.1, 0.15) is 11.1 Å². The molecular formula is C10H6N2. The molecule has 56 valence electrons. The fraction of sp³-hybridized carbons (Fsp3) is 0. The Morgan fingerprint density at radius 1 is 0.750 bits per heavy atom. The first kappa shape index (κ1) is 5.89. The molecule has 0 aliphatic carbocycles. The Bertz CT molecular complexity index is 472. The molecule has 2 aliphatic heterocycles. The molecule has 1 aromatic rings. The number of fused-ring (bicyclic) bond motifs is 2. The highest BCUT2D eigenvalue weighted by Crippen LogP contribution is 2.04. The van der Waals surface area contributed by atoms with Crippen LogP contribution in [-0.4, -0.2) is 0 Å². The quantitative estimate of drug-likeness (QED) is 0.530. The van der Waals surface area contributed by atoms with Crippen molar-refractivity contribution in [3.05, 3.63) is 46.4 Å². The largest absolute Gasteiger partial charge is 0.256 e. The molecule has 0 saturated heterocycles. The van der Waals surface area contributed by atoms with E-state index in [9.17, 15) is 0 Å². The number of hydrogen-bond acceptors (Lipinski definition) is 2. The Morgan fingerprint density at radius 2 is 1.25 bits per heavy atom. The highest BCUT2D eigenvalue weighted by atomic mass is 14.7. The summed E-state index contributed by atoms with van der Waals surface area (Å²) in [6, 6.07) is 4.13. The lowest BCUT2D eigenvalue weighted by molar-refractivity contribution is 1.32. The van der Waals surface area contributed by atoms with Gasteiger partial charge in [0.25, 0.3) is 0 Å². The van der Waals surface area contributed by atoms with Gasteiger partial charge >= 0.3 is 0 Å². The van der Waals surface area contributed by atoms with Gasteiger partial charge in [-0.2, -0.15) is 0 Å². The standard InChI is InChI=1S/C10H6N2/c1-3-11-9-6-8-2-4-12-10(8)5-7(1)9/h1-6H. The van der Waals surface area contributed by atoms with Gasteiger partial charge in [0.05, 0.1) is 10.7 Å². The molecule has 0 atom stereocenters. The van der Waals surface area contributed by atoms with E-state index in [1.165, 1.54) is 11.1 Å². The van der Waals surface area contributed by atoms with Gasteiger partial charge in [0.2, 0.25) is 0 Å². The van der Waals surface area contributed by atoms with Crippen LogP contribution in [0.25, 0.3) is 12.2 Å². The maximum atomic E-state index is 4.22. The summed E-state index contributed by atoms with van der Waals surface area (Å²) in [5.41, 5.74) is 2.34. The van der Waals surface area contributed by atoms with Crippen molar-refractivity contribution in [3.8, 4) is 0 Å². The van der Waals surface area contributed by atoms with Gasteiger partial charge in [-0.25, -0.2) is 0 Å². The summed E-state index contributed by atoms with van der Waals surface area (Å²) in [6.07, 6.45) is 7.65. The lowest BCUT2D eigenvalue weighted by atomic mass is 10.1. The maximum Gasteiger partial charge on any atom is 0.0710 e. The number of benzene rings is 1. The van der Waals surface area contributed by atoms with Crippen molar-refractivity contribution in [1.29, 1.82) is 0 Å². The SMILES string of the molecule is C1=Cc2cc3c(cc2=N1)C=CN=3. The van der Waals surface area contributed by atoms with Gasteiger partial charge in [-0.15, -0.1) is 0 Å². The predicted octanol–water partition coefficient (Wildman–Crippen LogP) is 0.894. The molecule has 0 fully saturated rings. The van der Waals surface area contributed by atoms with Crippen LogP contribution < -0.4 is 10.7 Å². The molecule has 0 N–H and O–H groups in total. The molecule has 0 unspecified atom stereocenters. The first-order chi connectivity index (χ1) is 5.93. The number of rotatable bonds is 0.